The molecule has 1 aliphatic rings. The molecule has 0 spiro atoms. The molecule has 0 N–H and O–H groups in total. The molecule has 1 saturated heterocycles. The number of hydrogen-bond donors (Lipinski definition) is 0. The molecule has 0 atom stereocenters. The van der Waals surface area contributed by atoms with Crippen molar-refractivity contribution in [2.24, 2.45) is 7.05 Å². The van der Waals surface area contributed by atoms with Crippen LogP contribution in [0.3, 0.4) is 0 Å². The number of ether oxygens (including phenoxy) is 1. The van der Waals surface area contributed by atoms with Gasteiger partial charge in [0.05, 0.1) is 18.0 Å². The molecule has 0 radical (unpaired) electrons. The number of aromatic nitrogens is 4. The van der Waals surface area contributed by atoms with Crippen LogP contribution in [0.4, 0.5) is 13.2 Å². The van der Waals surface area contributed by atoms with Gasteiger partial charge in [-0.2, -0.15) is 5.10 Å². The topological polar surface area (TPSA) is 73.1 Å². The summed E-state index contributed by atoms with van der Waals surface area (Å²) in [7, 11) is 1.49. The Balaban J connectivity index is 1.60. The number of piperidine rings is 1. The van der Waals surface area contributed by atoms with E-state index in [9.17, 15) is 18.0 Å². The molecule has 0 bridgehead atoms. The van der Waals surface area contributed by atoms with E-state index in [1.54, 1.807) is 0 Å². The van der Waals surface area contributed by atoms with Crippen molar-refractivity contribution in [1.29, 1.82) is 0 Å². The van der Waals surface area contributed by atoms with Gasteiger partial charge < -0.3 is 9.64 Å². The van der Waals surface area contributed by atoms with Crippen molar-refractivity contribution >= 4 is 5.91 Å². The summed E-state index contributed by atoms with van der Waals surface area (Å²) in [6.45, 7) is 0.699. The quantitative estimate of drug-likeness (QED) is 0.838. The third kappa shape index (κ3) is 3.89. The minimum Gasteiger partial charge on any atom is -0.460 e. The van der Waals surface area contributed by atoms with Crippen molar-refractivity contribution in [1.82, 2.24) is 24.6 Å². The van der Waals surface area contributed by atoms with Gasteiger partial charge in [-0.1, -0.05) is 0 Å². The molecule has 10 heteroatoms. The summed E-state index contributed by atoms with van der Waals surface area (Å²) in [4.78, 5) is 21.4. The molecule has 0 aliphatic carbocycles. The van der Waals surface area contributed by atoms with Crippen LogP contribution >= 0.6 is 0 Å². The average molecular weight is 355 g/mol. The first-order chi connectivity index (χ1) is 11.9. The fourth-order valence-electron chi connectivity index (χ4n) is 2.69. The van der Waals surface area contributed by atoms with Gasteiger partial charge in [0.25, 0.3) is 12.3 Å². The summed E-state index contributed by atoms with van der Waals surface area (Å²) in [6.07, 6.45) is 1.28. The zero-order valence-electron chi connectivity index (χ0n) is 13.4. The molecule has 7 nitrogen and oxygen atoms in total. The van der Waals surface area contributed by atoms with Crippen molar-refractivity contribution < 1.29 is 22.7 Å². The first-order valence-electron chi connectivity index (χ1n) is 7.69. The molecule has 0 saturated carbocycles. The van der Waals surface area contributed by atoms with E-state index in [0.29, 0.717) is 25.9 Å². The molecule has 1 amide bonds. The lowest BCUT2D eigenvalue weighted by atomic mass is 10.1. The number of halogens is 3. The van der Waals surface area contributed by atoms with Crippen LogP contribution < -0.4 is 4.74 Å². The monoisotopic (exact) mass is 355 g/mol. The van der Waals surface area contributed by atoms with Gasteiger partial charge >= 0.3 is 6.01 Å². The SMILES string of the molecule is Cn1cc(C(=O)N2CCC(Oc3ncc(F)cn3)CC2)c(C(F)F)n1. The highest BCUT2D eigenvalue weighted by Gasteiger charge is 2.29. The lowest BCUT2D eigenvalue weighted by Crippen LogP contribution is -2.42. The van der Waals surface area contributed by atoms with Gasteiger partial charge in [0, 0.05) is 39.2 Å². The second-order valence-electron chi connectivity index (χ2n) is 5.70. The Hall–Kier alpha value is -2.65. The largest absolute Gasteiger partial charge is 0.460 e. The van der Waals surface area contributed by atoms with Crippen molar-refractivity contribution in [2.75, 3.05) is 13.1 Å². The van der Waals surface area contributed by atoms with Crippen LogP contribution in [0.1, 0.15) is 35.3 Å². The Morgan fingerprint density at radius 3 is 2.52 bits per heavy atom. The van der Waals surface area contributed by atoms with E-state index in [0.717, 1.165) is 12.4 Å². The number of hydrogen-bond acceptors (Lipinski definition) is 5. The van der Waals surface area contributed by atoms with E-state index in [4.69, 9.17) is 4.74 Å². The van der Waals surface area contributed by atoms with Crippen LogP contribution in [-0.2, 0) is 7.05 Å². The van der Waals surface area contributed by atoms with Crippen LogP contribution in [0.2, 0.25) is 0 Å². The first kappa shape index (κ1) is 17.2. The highest BCUT2D eigenvalue weighted by molar-refractivity contribution is 5.95. The van der Waals surface area contributed by atoms with Gasteiger partial charge in [-0.05, 0) is 0 Å². The number of nitrogens with zero attached hydrogens (tertiary/aromatic N) is 5. The van der Waals surface area contributed by atoms with E-state index in [1.807, 2.05) is 0 Å². The molecule has 2 aromatic rings. The maximum Gasteiger partial charge on any atom is 0.316 e. The van der Waals surface area contributed by atoms with Crippen molar-refractivity contribution in [3.63, 3.8) is 0 Å². The zero-order chi connectivity index (χ0) is 18.0. The van der Waals surface area contributed by atoms with Gasteiger partial charge in [-0.3, -0.25) is 9.48 Å². The van der Waals surface area contributed by atoms with Crippen LogP contribution in [0, 0.1) is 5.82 Å². The molecular weight excluding hydrogens is 339 g/mol. The van der Waals surface area contributed by atoms with E-state index in [1.165, 1.54) is 22.8 Å². The van der Waals surface area contributed by atoms with Crippen LogP contribution in [0.25, 0.3) is 0 Å². The normalized spacial score (nSPS) is 15.6. The second kappa shape index (κ2) is 7.08. The molecule has 2 aromatic heterocycles. The first-order valence-corrected chi connectivity index (χ1v) is 7.69. The maximum absolute atomic E-state index is 13.0. The van der Waals surface area contributed by atoms with E-state index in [2.05, 4.69) is 15.1 Å². The van der Waals surface area contributed by atoms with Crippen LogP contribution in [-0.4, -0.2) is 49.7 Å². The third-order valence-electron chi connectivity index (χ3n) is 3.89. The van der Waals surface area contributed by atoms with Crippen LogP contribution in [0.5, 0.6) is 6.01 Å². The van der Waals surface area contributed by atoms with Gasteiger partial charge in [-0.25, -0.2) is 23.1 Å². The number of amides is 1. The van der Waals surface area contributed by atoms with E-state index >= 15 is 0 Å². The van der Waals surface area contributed by atoms with Gasteiger partial charge in [0.2, 0.25) is 0 Å². The van der Waals surface area contributed by atoms with Crippen LogP contribution in [0.15, 0.2) is 18.6 Å². The van der Waals surface area contributed by atoms with Crippen molar-refractivity contribution in [2.45, 2.75) is 25.4 Å². The van der Waals surface area contributed by atoms with Gasteiger partial charge in [0.15, 0.2) is 5.82 Å². The Morgan fingerprint density at radius 1 is 1.28 bits per heavy atom. The molecule has 0 unspecified atom stereocenters. The number of rotatable bonds is 4. The number of alkyl halides is 2. The molecular formula is C15H16F3N5O2. The number of carbonyl (C=O) groups excluding carboxylic acids is 1. The smallest absolute Gasteiger partial charge is 0.316 e. The summed E-state index contributed by atoms with van der Waals surface area (Å²) in [5, 5.41) is 3.65. The van der Waals surface area contributed by atoms with Gasteiger partial charge in [-0.15, -0.1) is 0 Å². The molecule has 25 heavy (non-hydrogen) atoms. The van der Waals surface area contributed by atoms with E-state index in [-0.39, 0.29) is 17.7 Å². The Morgan fingerprint density at radius 2 is 1.92 bits per heavy atom. The second-order valence-corrected chi connectivity index (χ2v) is 5.70. The van der Waals surface area contributed by atoms with Crippen molar-refractivity contribution in [3.05, 3.63) is 35.7 Å². The summed E-state index contributed by atoms with van der Waals surface area (Å²) in [5.41, 5.74) is -0.593. The fourth-order valence-corrected chi connectivity index (χ4v) is 2.69. The predicted molar refractivity (Wildman–Crippen MR) is 79.7 cm³/mol. The Bertz CT molecular complexity index is 742. The summed E-state index contributed by atoms with van der Waals surface area (Å²) in [5.74, 6) is -1.03. The number of aryl methyl sites for hydroxylation is 1. The Kier molecular flexibility index (Phi) is 4.86. The van der Waals surface area contributed by atoms with Gasteiger partial charge in [0.1, 0.15) is 11.8 Å². The fraction of sp³-hybridized carbons (Fsp3) is 0.467. The summed E-state index contributed by atoms with van der Waals surface area (Å²) >= 11 is 0. The zero-order valence-corrected chi connectivity index (χ0v) is 13.4. The summed E-state index contributed by atoms with van der Waals surface area (Å²) in [6, 6.07) is 0.0680. The minimum atomic E-state index is -2.81. The standard InChI is InChI=1S/C15H16F3N5O2/c1-22-8-11(12(21-22)13(17)18)14(24)23-4-2-10(3-5-23)25-15-19-6-9(16)7-20-15/h6-8,10,13H,2-5H2,1H3. The van der Waals surface area contributed by atoms with E-state index < -0.39 is 23.8 Å². The molecule has 134 valence electrons. The molecule has 3 heterocycles. The number of likely N-dealkylation sites (tertiary alicyclic amines) is 1. The molecule has 1 fully saturated rings. The molecule has 0 aromatic carbocycles. The summed E-state index contributed by atoms with van der Waals surface area (Å²) < 4.78 is 45.5. The average Bonchev–Trinajstić information content (AvgIpc) is 2.99. The maximum atomic E-state index is 13.0. The minimum absolute atomic E-state index is 0.0680. The third-order valence-corrected chi connectivity index (χ3v) is 3.89. The lowest BCUT2D eigenvalue weighted by Gasteiger charge is -2.31. The van der Waals surface area contributed by atoms with Crippen molar-refractivity contribution in [3.8, 4) is 6.01 Å². The Labute approximate surface area is 141 Å². The molecule has 3 rings (SSSR count). The lowest BCUT2D eigenvalue weighted by molar-refractivity contribution is 0.0569. The highest BCUT2D eigenvalue weighted by atomic mass is 19.3. The predicted octanol–water partition coefficient (Wildman–Crippen LogP) is 1.97. The number of carbonyl (C=O) groups is 1. The molecule has 1 aliphatic heterocycles. The highest BCUT2D eigenvalue weighted by Crippen LogP contribution is 2.24.